The Kier molecular flexibility index (Phi) is 10.5. The van der Waals surface area contributed by atoms with Gasteiger partial charge in [0.05, 0.1) is 0 Å². The van der Waals surface area contributed by atoms with Crippen molar-refractivity contribution in [2.24, 2.45) is 5.92 Å². The summed E-state index contributed by atoms with van der Waals surface area (Å²) in [6.45, 7) is 4.39. The number of hydrogen-bond acceptors (Lipinski definition) is 6. The molecular formula is C25H32N2O6. The fourth-order valence-electron chi connectivity index (χ4n) is 3.01. The molecule has 2 amide bonds. The lowest BCUT2D eigenvalue weighted by Gasteiger charge is -2.22. The summed E-state index contributed by atoms with van der Waals surface area (Å²) in [6.07, 6.45) is -3.22. The predicted molar refractivity (Wildman–Crippen MR) is 123 cm³/mol. The van der Waals surface area contributed by atoms with Crippen molar-refractivity contribution in [1.29, 1.82) is 0 Å². The SMILES string of the molecule is CC(C)CCNC(=O)[C@H](Cc1ccccc1)NC(=O)[C@@H](O)[C@H](O)C(=O)OCc1ccccc1. The Labute approximate surface area is 194 Å². The quantitative estimate of drug-likeness (QED) is 0.357. The molecule has 0 heterocycles. The standard InChI is InChI=1S/C25H32N2O6/c1-17(2)13-14-26-23(30)20(15-18-9-5-3-6-10-18)27-24(31)21(28)22(29)25(32)33-16-19-11-7-4-8-12-19/h3-12,17,20-22,28-29H,13-16H2,1-2H3,(H,26,30)(H,27,31)/t20-,21-,22-/m0/s1. The van der Waals surface area contributed by atoms with Crippen LogP contribution in [0.3, 0.4) is 0 Å². The normalized spacial score (nSPS) is 13.6. The molecule has 2 rings (SSSR count). The van der Waals surface area contributed by atoms with Gasteiger partial charge < -0.3 is 25.6 Å². The van der Waals surface area contributed by atoms with Crippen molar-refractivity contribution in [3.05, 3.63) is 71.8 Å². The molecule has 2 aromatic rings. The third kappa shape index (κ3) is 9.03. The molecule has 8 heteroatoms. The summed E-state index contributed by atoms with van der Waals surface area (Å²) in [5.41, 5.74) is 1.50. The van der Waals surface area contributed by atoms with Crippen LogP contribution in [0.5, 0.6) is 0 Å². The summed E-state index contributed by atoms with van der Waals surface area (Å²) in [7, 11) is 0. The minimum absolute atomic E-state index is 0.111. The first kappa shape index (κ1) is 26.0. The fourth-order valence-corrected chi connectivity index (χ4v) is 3.01. The van der Waals surface area contributed by atoms with Gasteiger partial charge in [0.25, 0.3) is 5.91 Å². The number of benzene rings is 2. The zero-order valence-electron chi connectivity index (χ0n) is 18.9. The Bertz CT molecular complexity index is 888. The van der Waals surface area contributed by atoms with E-state index in [0.717, 1.165) is 12.0 Å². The lowest BCUT2D eigenvalue weighted by molar-refractivity contribution is -0.165. The van der Waals surface area contributed by atoms with Gasteiger partial charge in [-0.25, -0.2) is 4.79 Å². The maximum Gasteiger partial charge on any atom is 0.338 e. The third-order valence-electron chi connectivity index (χ3n) is 4.97. The Morgan fingerprint density at radius 3 is 2.00 bits per heavy atom. The number of rotatable bonds is 12. The van der Waals surface area contributed by atoms with Crippen molar-refractivity contribution >= 4 is 17.8 Å². The Morgan fingerprint density at radius 1 is 0.848 bits per heavy atom. The van der Waals surface area contributed by atoms with E-state index in [4.69, 9.17) is 4.74 Å². The van der Waals surface area contributed by atoms with Gasteiger partial charge in [0, 0.05) is 13.0 Å². The number of carbonyl (C=O) groups is 3. The van der Waals surface area contributed by atoms with Gasteiger partial charge in [-0.2, -0.15) is 0 Å². The van der Waals surface area contributed by atoms with E-state index in [2.05, 4.69) is 10.6 Å². The van der Waals surface area contributed by atoms with Crippen molar-refractivity contribution in [2.75, 3.05) is 6.54 Å². The molecule has 0 saturated heterocycles. The first-order valence-electron chi connectivity index (χ1n) is 11.0. The highest BCUT2D eigenvalue weighted by Gasteiger charge is 2.34. The first-order chi connectivity index (χ1) is 15.8. The summed E-state index contributed by atoms with van der Waals surface area (Å²) < 4.78 is 4.98. The van der Waals surface area contributed by atoms with E-state index in [9.17, 15) is 24.6 Å². The highest BCUT2D eigenvalue weighted by Crippen LogP contribution is 2.07. The smallest absolute Gasteiger partial charge is 0.338 e. The van der Waals surface area contributed by atoms with E-state index in [0.29, 0.717) is 18.0 Å². The van der Waals surface area contributed by atoms with Crippen LogP contribution in [0, 0.1) is 5.92 Å². The molecule has 0 aliphatic carbocycles. The second kappa shape index (κ2) is 13.3. The molecule has 178 valence electrons. The van der Waals surface area contributed by atoms with Crippen molar-refractivity contribution in [2.45, 2.75) is 51.5 Å². The molecule has 3 atom stereocenters. The number of nitrogens with one attached hydrogen (secondary N) is 2. The maximum absolute atomic E-state index is 12.7. The molecule has 0 saturated carbocycles. The summed E-state index contributed by atoms with van der Waals surface area (Å²) >= 11 is 0. The van der Waals surface area contributed by atoms with E-state index < -0.39 is 36.0 Å². The van der Waals surface area contributed by atoms with Crippen LogP contribution in [-0.2, 0) is 32.1 Å². The summed E-state index contributed by atoms with van der Waals surface area (Å²) in [5, 5.41) is 25.5. The second-order valence-corrected chi connectivity index (χ2v) is 8.21. The van der Waals surface area contributed by atoms with Gasteiger partial charge in [-0.1, -0.05) is 74.5 Å². The van der Waals surface area contributed by atoms with Crippen LogP contribution >= 0.6 is 0 Å². The monoisotopic (exact) mass is 456 g/mol. The molecule has 0 unspecified atom stereocenters. The van der Waals surface area contributed by atoms with Gasteiger partial charge in [0.1, 0.15) is 12.6 Å². The topological polar surface area (TPSA) is 125 Å². The summed E-state index contributed by atoms with van der Waals surface area (Å²) in [6, 6.07) is 16.9. The number of aliphatic hydroxyl groups excluding tert-OH is 2. The Morgan fingerprint density at radius 2 is 1.42 bits per heavy atom. The largest absolute Gasteiger partial charge is 0.459 e. The van der Waals surface area contributed by atoms with Gasteiger partial charge >= 0.3 is 5.97 Å². The molecule has 0 aromatic heterocycles. The highest BCUT2D eigenvalue weighted by atomic mass is 16.5. The van der Waals surface area contributed by atoms with Crippen molar-refractivity contribution in [1.82, 2.24) is 10.6 Å². The minimum Gasteiger partial charge on any atom is -0.459 e. The van der Waals surface area contributed by atoms with Crippen LogP contribution in [0.25, 0.3) is 0 Å². The van der Waals surface area contributed by atoms with E-state index in [1.54, 1.807) is 30.3 Å². The number of esters is 1. The van der Waals surface area contributed by atoms with E-state index >= 15 is 0 Å². The average molecular weight is 457 g/mol. The zero-order chi connectivity index (χ0) is 24.2. The molecule has 0 radical (unpaired) electrons. The molecule has 0 spiro atoms. The van der Waals surface area contributed by atoms with Crippen LogP contribution in [0.4, 0.5) is 0 Å². The molecule has 0 bridgehead atoms. The number of aliphatic hydroxyl groups is 2. The van der Waals surface area contributed by atoms with Crippen LogP contribution in [0.15, 0.2) is 60.7 Å². The summed E-state index contributed by atoms with van der Waals surface area (Å²) in [4.78, 5) is 37.3. The average Bonchev–Trinajstić information content (AvgIpc) is 2.82. The highest BCUT2D eigenvalue weighted by molar-refractivity contribution is 5.92. The number of hydrogen-bond donors (Lipinski definition) is 4. The second-order valence-electron chi connectivity index (χ2n) is 8.21. The molecule has 4 N–H and O–H groups in total. The molecular weight excluding hydrogens is 424 g/mol. The van der Waals surface area contributed by atoms with Crippen LogP contribution in [0.1, 0.15) is 31.4 Å². The van der Waals surface area contributed by atoms with E-state index in [1.165, 1.54) is 0 Å². The molecule has 2 aromatic carbocycles. The maximum atomic E-state index is 12.7. The van der Waals surface area contributed by atoms with Crippen LogP contribution in [-0.4, -0.2) is 52.8 Å². The lowest BCUT2D eigenvalue weighted by Crippen LogP contribution is -2.54. The third-order valence-corrected chi connectivity index (χ3v) is 4.97. The van der Waals surface area contributed by atoms with Gasteiger partial charge in [-0.15, -0.1) is 0 Å². The number of carbonyl (C=O) groups excluding carboxylic acids is 3. The Balaban J connectivity index is 1.98. The fraction of sp³-hybridized carbons (Fsp3) is 0.400. The minimum atomic E-state index is -2.09. The van der Waals surface area contributed by atoms with Crippen LogP contribution < -0.4 is 10.6 Å². The lowest BCUT2D eigenvalue weighted by atomic mass is 10.0. The van der Waals surface area contributed by atoms with Crippen molar-refractivity contribution in [3.63, 3.8) is 0 Å². The van der Waals surface area contributed by atoms with E-state index in [-0.39, 0.29) is 13.0 Å². The number of ether oxygens (including phenoxy) is 1. The van der Waals surface area contributed by atoms with Crippen molar-refractivity contribution < 1.29 is 29.3 Å². The molecule has 0 fully saturated rings. The molecule has 0 aliphatic rings. The van der Waals surface area contributed by atoms with Gasteiger partial charge in [-0.05, 0) is 23.5 Å². The van der Waals surface area contributed by atoms with Gasteiger partial charge in [0.15, 0.2) is 12.2 Å². The Hall–Kier alpha value is -3.23. The number of amides is 2. The first-order valence-corrected chi connectivity index (χ1v) is 11.0. The van der Waals surface area contributed by atoms with Gasteiger partial charge in [-0.3, -0.25) is 9.59 Å². The van der Waals surface area contributed by atoms with Crippen LogP contribution in [0.2, 0.25) is 0 Å². The molecule has 8 nitrogen and oxygen atoms in total. The van der Waals surface area contributed by atoms with Gasteiger partial charge in [0.2, 0.25) is 5.91 Å². The summed E-state index contributed by atoms with van der Waals surface area (Å²) in [5.74, 6) is -2.20. The van der Waals surface area contributed by atoms with E-state index in [1.807, 2.05) is 44.2 Å². The predicted octanol–water partition coefficient (Wildman–Crippen LogP) is 1.34. The van der Waals surface area contributed by atoms with Crippen molar-refractivity contribution in [3.8, 4) is 0 Å². The molecule has 33 heavy (non-hydrogen) atoms. The molecule has 0 aliphatic heterocycles. The zero-order valence-corrected chi connectivity index (χ0v) is 18.9.